The van der Waals surface area contributed by atoms with E-state index in [0.29, 0.717) is 25.7 Å². The average Bonchev–Trinajstić information content (AvgIpc) is 2.88. The third-order valence-electron chi connectivity index (χ3n) is 6.30. The number of aryl methyl sites for hydroxylation is 1. The van der Waals surface area contributed by atoms with E-state index in [2.05, 4.69) is 20.7 Å². The van der Waals surface area contributed by atoms with E-state index in [9.17, 15) is 32.9 Å². The lowest BCUT2D eigenvalue weighted by Gasteiger charge is -2.31. The third kappa shape index (κ3) is 5.94. The zero-order chi connectivity index (χ0) is 27.6. The summed E-state index contributed by atoms with van der Waals surface area (Å²) < 4.78 is 27.5. The smallest absolute Gasteiger partial charge is 0.319 e. The van der Waals surface area contributed by atoms with Crippen LogP contribution in [-0.4, -0.2) is 31.5 Å². The Balaban J connectivity index is 1.31. The van der Waals surface area contributed by atoms with Crippen LogP contribution in [0.15, 0.2) is 56.9 Å². The minimum absolute atomic E-state index is 0.0260. The van der Waals surface area contributed by atoms with Crippen molar-refractivity contribution in [2.75, 3.05) is 15.4 Å². The molecular formula is C24H24ClN5O7S. The fraction of sp³-hybridized carbons (Fsp3) is 0.292. The lowest BCUT2D eigenvalue weighted by atomic mass is 9.91. The van der Waals surface area contributed by atoms with Crippen LogP contribution in [0.2, 0.25) is 5.02 Å². The number of amides is 2. The van der Waals surface area contributed by atoms with Crippen LogP contribution in [-0.2, 0) is 10.0 Å². The van der Waals surface area contributed by atoms with Crippen LogP contribution in [0, 0.1) is 17.0 Å². The normalized spacial score (nSPS) is 17.5. The lowest BCUT2D eigenvalue weighted by molar-refractivity contribution is -0.384. The highest BCUT2D eigenvalue weighted by molar-refractivity contribution is 7.92. The number of rotatable bonds is 8. The number of carbonyl (C=O) groups excluding carboxylic acids is 1. The number of nitrogens with zero attached hydrogens (tertiary/aromatic N) is 1. The highest BCUT2D eigenvalue weighted by Gasteiger charge is 2.29. The predicted octanol–water partition coefficient (Wildman–Crippen LogP) is 3.50. The van der Waals surface area contributed by atoms with Crippen LogP contribution in [0.1, 0.15) is 31.2 Å². The van der Waals surface area contributed by atoms with Crippen LogP contribution < -0.4 is 31.5 Å². The Labute approximate surface area is 222 Å². The Morgan fingerprint density at radius 1 is 0.974 bits per heavy atom. The summed E-state index contributed by atoms with van der Waals surface area (Å²) in [5.41, 5.74) is -1.13. The first-order valence-corrected chi connectivity index (χ1v) is 13.5. The molecule has 4 rings (SSSR count). The van der Waals surface area contributed by atoms with Crippen molar-refractivity contribution >= 4 is 50.4 Å². The zero-order valence-corrected chi connectivity index (χ0v) is 21.7. The molecule has 1 fully saturated rings. The van der Waals surface area contributed by atoms with Crippen molar-refractivity contribution in [2.45, 2.75) is 49.6 Å². The molecule has 0 aliphatic heterocycles. The highest BCUT2D eigenvalue weighted by Crippen LogP contribution is 2.28. The van der Waals surface area contributed by atoms with Crippen molar-refractivity contribution in [3.8, 4) is 0 Å². The second kappa shape index (κ2) is 10.8. The maximum absolute atomic E-state index is 12.7. The number of hydrogen-bond donors (Lipinski definition) is 4. The van der Waals surface area contributed by atoms with E-state index in [1.54, 1.807) is 12.1 Å². The van der Waals surface area contributed by atoms with Gasteiger partial charge in [-0.25, -0.2) is 13.2 Å². The molecule has 3 aromatic carbocycles. The van der Waals surface area contributed by atoms with Gasteiger partial charge in [0.1, 0.15) is 11.4 Å². The third-order valence-corrected chi connectivity index (χ3v) is 7.98. The summed E-state index contributed by atoms with van der Waals surface area (Å²) in [6, 6.07) is 8.89. The molecule has 0 bridgehead atoms. The summed E-state index contributed by atoms with van der Waals surface area (Å²) in [7, 11) is -4.04. The fourth-order valence-electron chi connectivity index (χ4n) is 4.19. The van der Waals surface area contributed by atoms with Gasteiger partial charge in [0.15, 0.2) is 0 Å². The summed E-state index contributed by atoms with van der Waals surface area (Å²) in [6.45, 7) is 1.81. The van der Waals surface area contributed by atoms with Crippen LogP contribution in [0.3, 0.4) is 0 Å². The molecule has 1 saturated carbocycles. The maximum atomic E-state index is 12.7. The van der Waals surface area contributed by atoms with Crippen LogP contribution in [0.4, 0.5) is 27.5 Å². The predicted molar refractivity (Wildman–Crippen MR) is 143 cm³/mol. The quantitative estimate of drug-likeness (QED) is 0.183. The van der Waals surface area contributed by atoms with Gasteiger partial charge in [-0.1, -0.05) is 29.3 Å². The van der Waals surface area contributed by atoms with E-state index in [-0.39, 0.29) is 44.8 Å². The molecule has 0 heterocycles. The first kappa shape index (κ1) is 27.1. The van der Waals surface area contributed by atoms with Gasteiger partial charge < -0.3 is 16.0 Å². The van der Waals surface area contributed by atoms with Crippen molar-refractivity contribution < 1.29 is 18.1 Å². The van der Waals surface area contributed by atoms with Crippen LogP contribution in [0.5, 0.6) is 0 Å². The number of nitrogens with one attached hydrogen (secondary N) is 4. The number of nitro groups is 1. The second-order valence-corrected chi connectivity index (χ2v) is 11.1. The molecule has 12 nitrogen and oxygen atoms in total. The highest BCUT2D eigenvalue weighted by atomic mass is 35.5. The lowest BCUT2D eigenvalue weighted by Crippen LogP contribution is -2.44. The van der Waals surface area contributed by atoms with Crippen molar-refractivity contribution in [3.05, 3.63) is 83.6 Å². The SMILES string of the molecule is Cc1ccc(S(=O)(=O)Nc2c(NC3CCC(NC(=O)Nc4ccc([N+](=O)[O-])cc4Cl)CC3)c(=O)c2=O)cc1. The minimum atomic E-state index is -4.04. The molecule has 14 heteroatoms. The maximum Gasteiger partial charge on any atom is 0.319 e. The first-order valence-electron chi connectivity index (χ1n) is 11.7. The Bertz CT molecular complexity index is 1560. The second-order valence-electron chi connectivity index (χ2n) is 9.04. The number of sulfonamides is 1. The van der Waals surface area contributed by atoms with E-state index in [0.717, 1.165) is 11.6 Å². The topological polar surface area (TPSA) is 177 Å². The molecule has 0 radical (unpaired) electrons. The number of nitro benzene ring substituents is 1. The van der Waals surface area contributed by atoms with Gasteiger partial charge in [0.2, 0.25) is 0 Å². The first-order chi connectivity index (χ1) is 17.9. The van der Waals surface area contributed by atoms with Gasteiger partial charge in [-0.15, -0.1) is 0 Å². The molecule has 200 valence electrons. The average molecular weight is 562 g/mol. The van der Waals surface area contributed by atoms with Crippen molar-refractivity contribution in [1.29, 1.82) is 0 Å². The molecule has 0 atom stereocenters. The van der Waals surface area contributed by atoms with Crippen LogP contribution >= 0.6 is 11.6 Å². The number of halogens is 1. The number of carbonyl (C=O) groups is 1. The van der Waals surface area contributed by atoms with E-state index < -0.39 is 31.8 Å². The summed E-state index contributed by atoms with van der Waals surface area (Å²) in [6.07, 6.45) is 2.20. The number of benzene rings is 2. The number of non-ortho nitro benzene ring substituents is 1. The standard InChI is InChI=1S/C24H24ClN5O7S/c1-13-2-9-17(10-3-13)38(36,37)29-21-20(22(31)23(21)32)26-14-4-6-15(7-5-14)27-24(33)28-19-11-8-16(30(34)35)12-18(19)25/h2-3,8-12,14-15,26,29H,4-7H2,1H3,(H2,27,28,33). The number of hydrogen-bond acceptors (Lipinski definition) is 8. The molecule has 3 aromatic rings. The summed E-state index contributed by atoms with van der Waals surface area (Å²) in [4.78, 5) is 46.8. The number of anilines is 3. The molecule has 0 unspecified atom stereocenters. The van der Waals surface area contributed by atoms with E-state index in [4.69, 9.17) is 11.6 Å². The molecule has 1 aliphatic carbocycles. The van der Waals surface area contributed by atoms with E-state index in [1.165, 1.54) is 24.3 Å². The minimum Gasteiger partial charge on any atom is -0.377 e. The van der Waals surface area contributed by atoms with E-state index >= 15 is 0 Å². The molecule has 0 spiro atoms. The van der Waals surface area contributed by atoms with Gasteiger partial charge >= 0.3 is 6.03 Å². The van der Waals surface area contributed by atoms with Gasteiger partial charge in [-0.05, 0) is 50.8 Å². The van der Waals surface area contributed by atoms with Crippen molar-refractivity contribution in [2.24, 2.45) is 0 Å². The fourth-order valence-corrected chi connectivity index (χ4v) is 5.48. The molecule has 1 aliphatic rings. The molecule has 38 heavy (non-hydrogen) atoms. The molecule has 2 amide bonds. The van der Waals surface area contributed by atoms with Gasteiger partial charge in [0.25, 0.3) is 26.6 Å². The van der Waals surface area contributed by atoms with Crippen molar-refractivity contribution in [3.63, 3.8) is 0 Å². The van der Waals surface area contributed by atoms with Crippen LogP contribution in [0.25, 0.3) is 0 Å². The summed E-state index contributed by atoms with van der Waals surface area (Å²) in [5, 5.41) is 19.2. The Morgan fingerprint density at radius 3 is 2.18 bits per heavy atom. The summed E-state index contributed by atoms with van der Waals surface area (Å²) >= 11 is 6.01. The van der Waals surface area contributed by atoms with Gasteiger partial charge in [0, 0.05) is 24.2 Å². The Kier molecular flexibility index (Phi) is 7.69. The molecule has 0 saturated heterocycles. The zero-order valence-electron chi connectivity index (χ0n) is 20.1. The molecule has 4 N–H and O–H groups in total. The monoisotopic (exact) mass is 561 g/mol. The summed E-state index contributed by atoms with van der Waals surface area (Å²) in [5.74, 6) is 0. The Hall–Kier alpha value is -3.97. The van der Waals surface area contributed by atoms with Gasteiger partial charge in [0.05, 0.1) is 20.5 Å². The van der Waals surface area contributed by atoms with Crippen molar-refractivity contribution in [1.82, 2.24) is 5.32 Å². The van der Waals surface area contributed by atoms with Gasteiger partial charge in [-0.2, -0.15) is 0 Å². The number of urea groups is 1. The van der Waals surface area contributed by atoms with E-state index in [1.807, 2.05) is 6.92 Å². The van der Waals surface area contributed by atoms with Gasteiger partial charge in [-0.3, -0.25) is 24.4 Å². The largest absolute Gasteiger partial charge is 0.377 e. The molecular weight excluding hydrogens is 538 g/mol. The Morgan fingerprint density at radius 2 is 1.58 bits per heavy atom. The molecule has 0 aromatic heterocycles.